The van der Waals surface area contributed by atoms with Crippen LogP contribution in [-0.2, 0) is 0 Å². The summed E-state index contributed by atoms with van der Waals surface area (Å²) in [6.07, 6.45) is 5.56. The van der Waals surface area contributed by atoms with E-state index in [1.165, 1.54) is 18.4 Å². The monoisotopic (exact) mass is 154 g/mol. The highest BCUT2D eigenvalue weighted by atomic mass is 16.3. The summed E-state index contributed by atoms with van der Waals surface area (Å²) in [4.78, 5) is 0. The molecule has 0 aliphatic heterocycles. The zero-order valence-corrected chi connectivity index (χ0v) is 7.72. The van der Waals surface area contributed by atoms with Crippen molar-refractivity contribution in [3.05, 3.63) is 11.6 Å². The molecule has 0 saturated carbocycles. The predicted molar refractivity (Wildman–Crippen MR) is 47.4 cm³/mol. The third-order valence-electron chi connectivity index (χ3n) is 2.40. The number of aliphatic hydroxyl groups is 1. The van der Waals surface area contributed by atoms with E-state index >= 15 is 0 Å². The summed E-state index contributed by atoms with van der Waals surface area (Å²) >= 11 is 0. The first kappa shape index (κ1) is 8.79. The van der Waals surface area contributed by atoms with E-state index in [-0.39, 0.29) is 6.10 Å². The fourth-order valence-corrected chi connectivity index (χ4v) is 1.72. The van der Waals surface area contributed by atoms with Crippen molar-refractivity contribution in [2.45, 2.75) is 46.1 Å². The first-order valence-electron chi connectivity index (χ1n) is 4.41. The van der Waals surface area contributed by atoms with E-state index in [4.69, 9.17) is 0 Å². The van der Waals surface area contributed by atoms with Crippen LogP contribution in [0.2, 0.25) is 0 Å². The summed E-state index contributed by atoms with van der Waals surface area (Å²) in [7, 11) is 0. The molecule has 1 heteroatoms. The molecule has 1 unspecified atom stereocenters. The molecule has 0 aromatic carbocycles. The van der Waals surface area contributed by atoms with Crippen LogP contribution in [0.4, 0.5) is 0 Å². The molecule has 0 aromatic rings. The Bertz CT molecular complexity index is 166. The van der Waals surface area contributed by atoms with Gasteiger partial charge < -0.3 is 5.11 Å². The molecule has 1 rings (SSSR count). The molecular formula is C10H18O. The van der Waals surface area contributed by atoms with Crippen LogP contribution >= 0.6 is 0 Å². The van der Waals surface area contributed by atoms with E-state index in [0.717, 1.165) is 6.42 Å². The first-order valence-corrected chi connectivity index (χ1v) is 4.41. The highest BCUT2D eigenvalue weighted by Crippen LogP contribution is 2.33. The molecular weight excluding hydrogens is 136 g/mol. The van der Waals surface area contributed by atoms with E-state index in [2.05, 4.69) is 19.9 Å². The molecule has 1 aliphatic carbocycles. The van der Waals surface area contributed by atoms with Crippen LogP contribution < -0.4 is 0 Å². The van der Waals surface area contributed by atoms with Gasteiger partial charge in [-0.25, -0.2) is 0 Å². The molecule has 0 radical (unpaired) electrons. The van der Waals surface area contributed by atoms with Gasteiger partial charge in [-0.1, -0.05) is 19.9 Å². The second-order valence-corrected chi connectivity index (χ2v) is 4.24. The standard InChI is InChI=1S/C10H18O/c1-8(11)9-5-4-6-10(2,3)7-9/h7-8,11H,4-6H2,1-3H3. The van der Waals surface area contributed by atoms with Crippen molar-refractivity contribution >= 4 is 0 Å². The van der Waals surface area contributed by atoms with E-state index in [1.54, 1.807) is 0 Å². The van der Waals surface area contributed by atoms with Gasteiger partial charge in [0.05, 0.1) is 6.10 Å². The maximum Gasteiger partial charge on any atom is 0.0722 e. The Labute approximate surface area is 69.1 Å². The summed E-state index contributed by atoms with van der Waals surface area (Å²) in [5.74, 6) is 0. The van der Waals surface area contributed by atoms with E-state index in [9.17, 15) is 5.11 Å². The maximum atomic E-state index is 9.34. The van der Waals surface area contributed by atoms with Crippen LogP contribution in [0.1, 0.15) is 40.0 Å². The molecule has 64 valence electrons. The van der Waals surface area contributed by atoms with Crippen molar-refractivity contribution in [1.82, 2.24) is 0 Å². The number of rotatable bonds is 1. The number of aliphatic hydroxyl groups excluding tert-OH is 1. The van der Waals surface area contributed by atoms with Gasteiger partial charge in [-0.2, -0.15) is 0 Å². The average molecular weight is 154 g/mol. The molecule has 0 spiro atoms. The minimum Gasteiger partial charge on any atom is -0.389 e. The van der Waals surface area contributed by atoms with Gasteiger partial charge in [-0.3, -0.25) is 0 Å². The lowest BCUT2D eigenvalue weighted by Gasteiger charge is -2.28. The SMILES string of the molecule is CC(O)C1=CC(C)(C)CCC1. The van der Waals surface area contributed by atoms with E-state index < -0.39 is 0 Å². The van der Waals surface area contributed by atoms with Crippen LogP contribution in [0.5, 0.6) is 0 Å². The predicted octanol–water partition coefficient (Wildman–Crippen LogP) is 2.50. The summed E-state index contributed by atoms with van der Waals surface area (Å²) < 4.78 is 0. The Kier molecular flexibility index (Phi) is 2.38. The Balaban J connectivity index is 2.73. The van der Waals surface area contributed by atoms with Gasteiger partial charge in [-0.05, 0) is 37.2 Å². The molecule has 1 atom stereocenters. The Morgan fingerprint density at radius 3 is 2.55 bits per heavy atom. The third-order valence-corrected chi connectivity index (χ3v) is 2.40. The van der Waals surface area contributed by atoms with Crippen molar-refractivity contribution in [1.29, 1.82) is 0 Å². The molecule has 0 fully saturated rings. The average Bonchev–Trinajstić information content (AvgIpc) is 1.85. The van der Waals surface area contributed by atoms with Crippen LogP contribution in [0.15, 0.2) is 11.6 Å². The van der Waals surface area contributed by atoms with Gasteiger partial charge in [-0.15, -0.1) is 0 Å². The molecule has 0 heterocycles. The molecule has 0 aromatic heterocycles. The minimum absolute atomic E-state index is 0.241. The van der Waals surface area contributed by atoms with Crippen molar-refractivity contribution in [2.24, 2.45) is 5.41 Å². The van der Waals surface area contributed by atoms with Crippen LogP contribution in [-0.4, -0.2) is 11.2 Å². The summed E-state index contributed by atoms with van der Waals surface area (Å²) in [5.41, 5.74) is 1.53. The van der Waals surface area contributed by atoms with Gasteiger partial charge in [0.25, 0.3) is 0 Å². The second kappa shape index (κ2) is 2.98. The smallest absolute Gasteiger partial charge is 0.0722 e. The molecule has 0 bridgehead atoms. The lowest BCUT2D eigenvalue weighted by Crippen LogP contribution is -2.17. The molecule has 1 aliphatic rings. The molecule has 11 heavy (non-hydrogen) atoms. The van der Waals surface area contributed by atoms with E-state index in [0.29, 0.717) is 5.41 Å². The fourth-order valence-electron chi connectivity index (χ4n) is 1.72. The van der Waals surface area contributed by atoms with E-state index in [1.807, 2.05) is 6.92 Å². The third kappa shape index (κ3) is 2.33. The Morgan fingerprint density at radius 1 is 1.55 bits per heavy atom. The summed E-state index contributed by atoms with van der Waals surface area (Å²) in [5, 5.41) is 9.34. The first-order chi connectivity index (χ1) is 5.01. The topological polar surface area (TPSA) is 20.2 Å². The Morgan fingerprint density at radius 2 is 2.18 bits per heavy atom. The zero-order chi connectivity index (χ0) is 8.48. The normalized spacial score (nSPS) is 26.0. The highest BCUT2D eigenvalue weighted by Gasteiger charge is 2.21. The lowest BCUT2D eigenvalue weighted by molar-refractivity contribution is 0.217. The van der Waals surface area contributed by atoms with Crippen molar-refractivity contribution in [2.75, 3.05) is 0 Å². The van der Waals surface area contributed by atoms with Gasteiger partial charge in [0.15, 0.2) is 0 Å². The van der Waals surface area contributed by atoms with Gasteiger partial charge in [0.2, 0.25) is 0 Å². The van der Waals surface area contributed by atoms with Crippen LogP contribution in [0, 0.1) is 5.41 Å². The van der Waals surface area contributed by atoms with Gasteiger partial charge >= 0.3 is 0 Å². The van der Waals surface area contributed by atoms with Crippen LogP contribution in [0.3, 0.4) is 0 Å². The molecule has 1 N–H and O–H groups in total. The summed E-state index contributed by atoms with van der Waals surface area (Å²) in [6, 6.07) is 0. The largest absolute Gasteiger partial charge is 0.389 e. The molecule has 1 nitrogen and oxygen atoms in total. The maximum absolute atomic E-state index is 9.34. The highest BCUT2D eigenvalue weighted by molar-refractivity contribution is 5.14. The quantitative estimate of drug-likeness (QED) is 0.575. The van der Waals surface area contributed by atoms with Crippen molar-refractivity contribution in [3.63, 3.8) is 0 Å². The summed E-state index contributed by atoms with van der Waals surface area (Å²) in [6.45, 7) is 6.32. The number of hydrogen-bond donors (Lipinski definition) is 1. The van der Waals surface area contributed by atoms with Gasteiger partial charge in [0.1, 0.15) is 0 Å². The Hall–Kier alpha value is -0.300. The van der Waals surface area contributed by atoms with Crippen molar-refractivity contribution < 1.29 is 5.11 Å². The minimum atomic E-state index is -0.241. The van der Waals surface area contributed by atoms with Crippen LogP contribution in [0.25, 0.3) is 0 Å². The number of allylic oxidation sites excluding steroid dienone is 1. The number of hydrogen-bond acceptors (Lipinski definition) is 1. The fraction of sp³-hybridized carbons (Fsp3) is 0.800. The molecule has 0 amide bonds. The second-order valence-electron chi connectivity index (χ2n) is 4.24. The van der Waals surface area contributed by atoms with Crippen molar-refractivity contribution in [3.8, 4) is 0 Å². The molecule has 0 saturated heterocycles. The van der Waals surface area contributed by atoms with Gasteiger partial charge in [0, 0.05) is 0 Å². The zero-order valence-electron chi connectivity index (χ0n) is 7.72. The lowest BCUT2D eigenvalue weighted by atomic mass is 9.78.